The van der Waals surface area contributed by atoms with Crippen molar-refractivity contribution >= 4 is 22.4 Å². The molecule has 3 rings (SSSR count). The van der Waals surface area contributed by atoms with Crippen molar-refractivity contribution in [1.29, 1.82) is 0 Å². The number of aryl methyl sites for hydroxylation is 1. The highest BCUT2D eigenvalue weighted by atomic mass is 32.1. The Bertz CT molecular complexity index is 726. The number of nitrogens with zero attached hydrogens (tertiary/aromatic N) is 2. The van der Waals surface area contributed by atoms with Gasteiger partial charge in [-0.25, -0.2) is 4.98 Å². The fourth-order valence-electron chi connectivity index (χ4n) is 2.90. The van der Waals surface area contributed by atoms with E-state index in [1.54, 1.807) is 0 Å². The van der Waals surface area contributed by atoms with Gasteiger partial charge in [-0.2, -0.15) is 0 Å². The molecule has 2 aromatic heterocycles. The predicted octanol–water partition coefficient (Wildman–Crippen LogP) is 3.53. The Labute approximate surface area is 140 Å². The average molecular weight is 331 g/mol. The molecule has 1 N–H and O–H groups in total. The summed E-state index contributed by atoms with van der Waals surface area (Å²) in [4.78, 5) is 16.6. The third-order valence-electron chi connectivity index (χ3n) is 4.12. The molecule has 0 unspecified atom stereocenters. The minimum absolute atomic E-state index is 0.0967. The number of anilines is 1. The molecule has 6 heteroatoms. The number of rotatable bonds is 5. The zero-order valence-corrected chi connectivity index (χ0v) is 14.3. The molecule has 122 valence electrons. The fourth-order valence-corrected chi connectivity index (χ4v) is 3.61. The van der Waals surface area contributed by atoms with Crippen molar-refractivity contribution < 1.29 is 9.53 Å². The molecule has 5 nitrogen and oxygen atoms in total. The molecule has 2 aromatic rings. The van der Waals surface area contributed by atoms with Gasteiger partial charge in [-0.05, 0) is 32.8 Å². The Hall–Kier alpha value is -1.92. The van der Waals surface area contributed by atoms with E-state index in [2.05, 4.69) is 41.4 Å². The summed E-state index contributed by atoms with van der Waals surface area (Å²) >= 11 is 1.44. The topological polar surface area (TPSA) is 56.2 Å². The fraction of sp³-hybridized carbons (Fsp3) is 0.412. The smallest absolute Gasteiger partial charge is 0.255 e. The first-order valence-electron chi connectivity index (χ1n) is 7.76. The monoisotopic (exact) mass is 331 g/mol. The zero-order valence-electron chi connectivity index (χ0n) is 13.5. The second-order valence-electron chi connectivity index (χ2n) is 5.71. The first-order valence-corrected chi connectivity index (χ1v) is 8.64. The van der Waals surface area contributed by atoms with Gasteiger partial charge in [0.2, 0.25) is 0 Å². The Morgan fingerprint density at radius 3 is 3.13 bits per heavy atom. The molecule has 0 spiro atoms. The molecule has 0 aliphatic carbocycles. The molecule has 1 fully saturated rings. The van der Waals surface area contributed by atoms with Gasteiger partial charge in [0.05, 0.1) is 5.69 Å². The van der Waals surface area contributed by atoms with Crippen molar-refractivity contribution in [3.05, 3.63) is 35.5 Å². The Morgan fingerprint density at radius 1 is 1.61 bits per heavy atom. The lowest BCUT2D eigenvalue weighted by Gasteiger charge is -2.07. The summed E-state index contributed by atoms with van der Waals surface area (Å²) in [6.07, 6.45) is 3.28. The molecule has 0 radical (unpaired) electrons. The van der Waals surface area contributed by atoms with Crippen LogP contribution in [0.3, 0.4) is 0 Å². The van der Waals surface area contributed by atoms with Crippen molar-refractivity contribution in [3.8, 4) is 11.3 Å². The summed E-state index contributed by atoms with van der Waals surface area (Å²) in [5, 5.41) is 5.46. The van der Waals surface area contributed by atoms with E-state index in [0.717, 1.165) is 36.3 Å². The van der Waals surface area contributed by atoms with E-state index in [4.69, 9.17) is 4.74 Å². The lowest BCUT2D eigenvalue weighted by Crippen LogP contribution is -2.26. The summed E-state index contributed by atoms with van der Waals surface area (Å²) in [6, 6.07) is 2.12. The first kappa shape index (κ1) is 16.0. The highest BCUT2D eigenvalue weighted by Gasteiger charge is 2.24. The number of ether oxygens (including phenoxy) is 1. The largest absolute Gasteiger partial charge is 0.368 e. The van der Waals surface area contributed by atoms with Crippen LogP contribution in [0.15, 0.2) is 24.1 Å². The summed E-state index contributed by atoms with van der Waals surface area (Å²) in [7, 11) is 0. The van der Waals surface area contributed by atoms with Gasteiger partial charge in [0.1, 0.15) is 6.10 Å². The number of hydrogen-bond acceptors (Lipinski definition) is 4. The third-order valence-corrected chi connectivity index (χ3v) is 4.88. The maximum atomic E-state index is 12.1. The summed E-state index contributed by atoms with van der Waals surface area (Å²) < 4.78 is 7.60. The lowest BCUT2D eigenvalue weighted by atomic mass is 10.2. The minimum atomic E-state index is -0.333. The number of nitrogens with one attached hydrogen (secondary N) is 1. The molecule has 1 aliphatic heterocycles. The number of carbonyl (C=O) groups excluding carboxylic acids is 1. The number of aromatic nitrogens is 2. The number of hydrogen-bond donors (Lipinski definition) is 1. The van der Waals surface area contributed by atoms with Gasteiger partial charge in [0, 0.05) is 35.5 Å². The van der Waals surface area contributed by atoms with Gasteiger partial charge in [-0.3, -0.25) is 10.1 Å². The van der Waals surface area contributed by atoms with Crippen molar-refractivity contribution in [1.82, 2.24) is 9.55 Å². The van der Waals surface area contributed by atoms with Crippen LogP contribution in [0.4, 0.5) is 5.13 Å². The molecule has 23 heavy (non-hydrogen) atoms. The highest BCUT2D eigenvalue weighted by molar-refractivity contribution is 7.14. The van der Waals surface area contributed by atoms with Crippen LogP contribution in [0.5, 0.6) is 0 Å². The van der Waals surface area contributed by atoms with Gasteiger partial charge in [0.25, 0.3) is 5.91 Å². The van der Waals surface area contributed by atoms with Crippen LogP contribution >= 0.6 is 11.3 Å². The van der Waals surface area contributed by atoms with Crippen molar-refractivity contribution in [2.75, 3.05) is 11.9 Å². The van der Waals surface area contributed by atoms with E-state index < -0.39 is 0 Å². The Morgan fingerprint density at radius 2 is 2.43 bits per heavy atom. The summed E-state index contributed by atoms with van der Waals surface area (Å²) in [5.41, 5.74) is 4.32. The first-order chi connectivity index (χ1) is 11.1. The van der Waals surface area contributed by atoms with Crippen LogP contribution in [0, 0.1) is 13.8 Å². The third kappa shape index (κ3) is 3.23. The predicted molar refractivity (Wildman–Crippen MR) is 92.8 cm³/mol. The second kappa shape index (κ2) is 6.68. The molecular weight excluding hydrogens is 310 g/mol. The summed E-state index contributed by atoms with van der Waals surface area (Å²) in [6.45, 7) is 9.40. The number of carbonyl (C=O) groups is 1. The van der Waals surface area contributed by atoms with Gasteiger partial charge in [-0.15, -0.1) is 17.9 Å². The zero-order chi connectivity index (χ0) is 16.4. The van der Waals surface area contributed by atoms with Gasteiger partial charge in [-0.1, -0.05) is 6.08 Å². The molecule has 1 atom stereocenters. The normalized spacial score (nSPS) is 17.4. The van der Waals surface area contributed by atoms with Crippen LogP contribution in [-0.2, 0) is 16.1 Å². The van der Waals surface area contributed by atoms with Gasteiger partial charge < -0.3 is 9.30 Å². The number of thiazole rings is 1. The molecule has 0 bridgehead atoms. The Kier molecular flexibility index (Phi) is 4.63. The van der Waals surface area contributed by atoms with Crippen molar-refractivity contribution in [2.24, 2.45) is 0 Å². The van der Waals surface area contributed by atoms with Crippen LogP contribution in [0.2, 0.25) is 0 Å². The van der Waals surface area contributed by atoms with Gasteiger partial charge in [0.15, 0.2) is 5.13 Å². The van der Waals surface area contributed by atoms with E-state index >= 15 is 0 Å². The van der Waals surface area contributed by atoms with Crippen LogP contribution in [-0.4, -0.2) is 28.2 Å². The standard InChI is InChI=1S/C17H21N3O2S/c1-4-7-20-11(2)9-13(12(20)3)14-10-23-17(18-14)19-16(21)15-6-5-8-22-15/h4,9-10,15H,1,5-8H2,2-3H3,(H,18,19,21)/t15-/m1/s1. The Balaban J connectivity index is 1.78. The van der Waals surface area contributed by atoms with Gasteiger partial charge >= 0.3 is 0 Å². The highest BCUT2D eigenvalue weighted by Crippen LogP contribution is 2.30. The maximum absolute atomic E-state index is 12.1. The molecule has 3 heterocycles. The van der Waals surface area contributed by atoms with E-state index in [1.165, 1.54) is 17.0 Å². The van der Waals surface area contributed by atoms with Crippen LogP contribution < -0.4 is 5.32 Å². The van der Waals surface area contributed by atoms with Crippen LogP contribution in [0.1, 0.15) is 24.2 Å². The second-order valence-corrected chi connectivity index (χ2v) is 6.57. The van der Waals surface area contributed by atoms with E-state index in [9.17, 15) is 4.79 Å². The maximum Gasteiger partial charge on any atom is 0.255 e. The van der Waals surface area contributed by atoms with E-state index in [0.29, 0.717) is 11.7 Å². The van der Waals surface area contributed by atoms with E-state index in [1.807, 2.05) is 11.5 Å². The summed E-state index contributed by atoms with van der Waals surface area (Å²) in [5.74, 6) is -0.0967. The molecule has 1 saturated heterocycles. The lowest BCUT2D eigenvalue weighted by molar-refractivity contribution is -0.124. The minimum Gasteiger partial charge on any atom is -0.368 e. The van der Waals surface area contributed by atoms with Crippen molar-refractivity contribution in [3.63, 3.8) is 0 Å². The molecule has 0 aromatic carbocycles. The van der Waals surface area contributed by atoms with Crippen LogP contribution in [0.25, 0.3) is 11.3 Å². The molecule has 0 saturated carbocycles. The number of amides is 1. The number of allylic oxidation sites excluding steroid dienone is 1. The van der Waals surface area contributed by atoms with Crippen molar-refractivity contribution in [2.45, 2.75) is 39.3 Å². The van der Waals surface area contributed by atoms with E-state index in [-0.39, 0.29) is 12.0 Å². The molecule has 1 aliphatic rings. The molecule has 1 amide bonds. The quantitative estimate of drug-likeness (QED) is 0.853. The molecular formula is C17H21N3O2S. The average Bonchev–Trinajstić information content (AvgIpc) is 3.24. The SMILES string of the molecule is C=CCn1c(C)cc(-c2csc(NC(=O)[C@H]3CCCO3)n2)c1C.